The molecule has 2 aromatic rings. The van der Waals surface area contributed by atoms with Crippen LogP contribution >= 0.6 is 0 Å². The van der Waals surface area contributed by atoms with E-state index in [0.717, 1.165) is 10.8 Å². The van der Waals surface area contributed by atoms with Gasteiger partial charge in [-0.3, -0.25) is 4.79 Å². The monoisotopic (exact) mass is 242 g/mol. The van der Waals surface area contributed by atoms with Crippen molar-refractivity contribution in [2.24, 2.45) is 7.05 Å². The first-order chi connectivity index (χ1) is 7.82. The average Bonchev–Trinajstić information content (AvgIpc) is 2.22. The number of hydrogen-bond donors (Lipinski definition) is 1. The van der Waals surface area contributed by atoms with E-state index in [1.165, 1.54) is 25.2 Å². The molecule has 90 valence electrons. The summed E-state index contributed by atoms with van der Waals surface area (Å²) in [6, 6.07) is 4.14. The molecule has 3 nitrogen and oxygen atoms in total. The van der Waals surface area contributed by atoms with Gasteiger partial charge >= 0.3 is 6.18 Å². The topological polar surface area (TPSA) is 48.0 Å². The lowest BCUT2D eigenvalue weighted by atomic mass is 10.1. The lowest BCUT2D eigenvalue weighted by molar-refractivity contribution is -0.136. The molecule has 1 aromatic carbocycles. The quantitative estimate of drug-likeness (QED) is 0.719. The number of halogens is 3. The van der Waals surface area contributed by atoms with Crippen molar-refractivity contribution < 1.29 is 13.2 Å². The van der Waals surface area contributed by atoms with Crippen LogP contribution < -0.4 is 11.3 Å². The van der Waals surface area contributed by atoms with Crippen LogP contribution in [-0.2, 0) is 13.2 Å². The molecular weight excluding hydrogens is 233 g/mol. The number of anilines is 1. The molecule has 0 aliphatic heterocycles. The van der Waals surface area contributed by atoms with Gasteiger partial charge in [0, 0.05) is 29.7 Å². The third-order valence-corrected chi connectivity index (χ3v) is 2.54. The van der Waals surface area contributed by atoms with Crippen molar-refractivity contribution >= 4 is 16.5 Å². The van der Waals surface area contributed by atoms with E-state index in [1.807, 2.05) is 0 Å². The van der Waals surface area contributed by atoms with Crippen molar-refractivity contribution in [1.29, 1.82) is 0 Å². The number of rotatable bonds is 0. The van der Waals surface area contributed by atoms with Crippen molar-refractivity contribution in [3.8, 4) is 0 Å². The predicted octanol–water partition coefficient (Wildman–Crippen LogP) is 2.14. The highest BCUT2D eigenvalue weighted by Gasteiger charge is 2.34. The van der Waals surface area contributed by atoms with Crippen molar-refractivity contribution in [3.05, 3.63) is 40.3 Å². The molecule has 17 heavy (non-hydrogen) atoms. The largest absolute Gasteiger partial charge is 0.418 e. The Bertz CT molecular complexity index is 643. The van der Waals surface area contributed by atoms with Gasteiger partial charge in [0.05, 0.1) is 5.56 Å². The van der Waals surface area contributed by atoms with E-state index in [1.54, 1.807) is 0 Å². The van der Waals surface area contributed by atoms with Crippen molar-refractivity contribution in [1.82, 2.24) is 4.57 Å². The molecule has 6 heteroatoms. The molecule has 0 saturated carbocycles. The van der Waals surface area contributed by atoms with Crippen LogP contribution in [0, 0.1) is 0 Å². The highest BCUT2D eigenvalue weighted by atomic mass is 19.4. The molecule has 1 heterocycles. The summed E-state index contributed by atoms with van der Waals surface area (Å²) in [5.41, 5.74) is 4.08. The summed E-state index contributed by atoms with van der Waals surface area (Å²) in [4.78, 5) is 11.7. The van der Waals surface area contributed by atoms with Crippen LogP contribution in [0.2, 0.25) is 0 Å². The van der Waals surface area contributed by atoms with Gasteiger partial charge in [-0.25, -0.2) is 0 Å². The summed E-state index contributed by atoms with van der Waals surface area (Å²) >= 11 is 0. The zero-order valence-corrected chi connectivity index (χ0v) is 8.88. The summed E-state index contributed by atoms with van der Waals surface area (Å²) < 4.78 is 39.4. The summed E-state index contributed by atoms with van der Waals surface area (Å²) in [5, 5.41) is -0.259. The van der Waals surface area contributed by atoms with Crippen LogP contribution in [0.15, 0.2) is 29.2 Å². The van der Waals surface area contributed by atoms with Gasteiger partial charge in [0.1, 0.15) is 0 Å². The fraction of sp³-hybridized carbons (Fsp3) is 0.182. The summed E-state index contributed by atoms with van der Waals surface area (Å²) in [6.45, 7) is 0. The number of fused-ring (bicyclic) bond motifs is 1. The van der Waals surface area contributed by atoms with Gasteiger partial charge in [-0.05, 0) is 12.1 Å². The second-order valence-electron chi connectivity index (χ2n) is 3.73. The number of nitrogens with two attached hydrogens (primary N) is 1. The zero-order chi connectivity index (χ0) is 12.8. The van der Waals surface area contributed by atoms with E-state index in [-0.39, 0.29) is 16.5 Å². The van der Waals surface area contributed by atoms with Crippen molar-refractivity contribution in [2.75, 3.05) is 5.73 Å². The second-order valence-corrected chi connectivity index (χ2v) is 3.73. The first kappa shape index (κ1) is 11.5. The molecule has 0 radical (unpaired) electrons. The number of benzene rings is 1. The summed E-state index contributed by atoms with van der Waals surface area (Å²) in [6.07, 6.45) is -3.78. The van der Waals surface area contributed by atoms with Crippen LogP contribution in [0.3, 0.4) is 0 Å². The van der Waals surface area contributed by atoms with Gasteiger partial charge < -0.3 is 10.3 Å². The molecule has 0 atom stereocenters. The third-order valence-electron chi connectivity index (χ3n) is 2.54. The molecule has 0 amide bonds. The predicted molar refractivity (Wildman–Crippen MR) is 58.6 cm³/mol. The minimum absolute atomic E-state index is 0.0256. The van der Waals surface area contributed by atoms with Gasteiger partial charge in [0.2, 0.25) is 0 Å². The molecule has 2 N–H and O–H groups in total. The highest BCUT2D eigenvalue weighted by molar-refractivity contribution is 5.95. The van der Waals surface area contributed by atoms with Gasteiger partial charge in [0.25, 0.3) is 5.56 Å². The molecule has 0 unspecified atom stereocenters. The van der Waals surface area contributed by atoms with Crippen LogP contribution in [0.25, 0.3) is 10.8 Å². The lowest BCUT2D eigenvalue weighted by Crippen LogP contribution is -2.21. The number of hydrogen-bond acceptors (Lipinski definition) is 2. The van der Waals surface area contributed by atoms with E-state index in [9.17, 15) is 18.0 Å². The highest BCUT2D eigenvalue weighted by Crippen LogP contribution is 2.35. The average molecular weight is 242 g/mol. The number of nitrogens with zero attached hydrogens (tertiary/aromatic N) is 1. The van der Waals surface area contributed by atoms with Crippen molar-refractivity contribution in [2.45, 2.75) is 6.18 Å². The minimum Gasteiger partial charge on any atom is -0.398 e. The molecule has 0 aliphatic rings. The smallest absolute Gasteiger partial charge is 0.398 e. The normalized spacial score (nSPS) is 12.0. The SMILES string of the molecule is Cn1cc(C(F)(F)F)c2c(N)cccc2c1=O. The molecule has 2 rings (SSSR count). The molecule has 0 bridgehead atoms. The van der Waals surface area contributed by atoms with Gasteiger partial charge in [0.15, 0.2) is 0 Å². The fourth-order valence-corrected chi connectivity index (χ4v) is 1.77. The maximum absolute atomic E-state index is 12.8. The minimum atomic E-state index is -4.54. The Morgan fingerprint density at radius 1 is 1.29 bits per heavy atom. The Morgan fingerprint density at radius 3 is 2.53 bits per heavy atom. The Morgan fingerprint density at radius 2 is 1.94 bits per heavy atom. The molecule has 1 aromatic heterocycles. The number of nitrogen functional groups attached to an aromatic ring is 1. The number of aromatic nitrogens is 1. The molecule has 0 spiro atoms. The number of alkyl halides is 3. The van der Waals surface area contributed by atoms with E-state index in [0.29, 0.717) is 0 Å². The van der Waals surface area contributed by atoms with Crippen LogP contribution in [0.4, 0.5) is 18.9 Å². The second kappa shape index (κ2) is 3.51. The Balaban J connectivity index is 3.05. The number of aryl methyl sites for hydroxylation is 1. The Labute approximate surface area is 94.3 Å². The van der Waals surface area contributed by atoms with E-state index < -0.39 is 17.3 Å². The van der Waals surface area contributed by atoms with Crippen LogP contribution in [-0.4, -0.2) is 4.57 Å². The van der Waals surface area contributed by atoms with Gasteiger partial charge in [-0.15, -0.1) is 0 Å². The maximum atomic E-state index is 12.8. The third kappa shape index (κ3) is 1.75. The van der Waals surface area contributed by atoms with E-state index in [2.05, 4.69) is 0 Å². The Hall–Kier alpha value is -1.98. The lowest BCUT2D eigenvalue weighted by Gasteiger charge is -2.13. The fourth-order valence-electron chi connectivity index (χ4n) is 1.77. The molecule has 0 fully saturated rings. The van der Waals surface area contributed by atoms with E-state index in [4.69, 9.17) is 5.73 Å². The Kier molecular flexibility index (Phi) is 2.38. The first-order valence-corrected chi connectivity index (χ1v) is 4.77. The zero-order valence-electron chi connectivity index (χ0n) is 8.88. The van der Waals surface area contributed by atoms with Crippen LogP contribution in [0.5, 0.6) is 0 Å². The van der Waals surface area contributed by atoms with Gasteiger partial charge in [-0.2, -0.15) is 13.2 Å². The van der Waals surface area contributed by atoms with Crippen molar-refractivity contribution in [3.63, 3.8) is 0 Å². The summed E-state index contributed by atoms with van der Waals surface area (Å²) in [5.74, 6) is 0. The molecular formula is C11H9F3N2O. The summed E-state index contributed by atoms with van der Waals surface area (Å²) in [7, 11) is 1.28. The maximum Gasteiger partial charge on any atom is 0.418 e. The molecule has 0 saturated heterocycles. The first-order valence-electron chi connectivity index (χ1n) is 4.77. The van der Waals surface area contributed by atoms with Crippen LogP contribution in [0.1, 0.15) is 5.56 Å². The standard InChI is InChI=1S/C11H9F3N2O/c1-16-5-7(11(12,13)14)9-6(10(16)17)3-2-4-8(9)15/h2-5H,15H2,1H3. The van der Waals surface area contributed by atoms with Gasteiger partial charge in [-0.1, -0.05) is 6.07 Å². The molecule has 0 aliphatic carbocycles. The number of pyridine rings is 1. The van der Waals surface area contributed by atoms with E-state index >= 15 is 0 Å².